The summed E-state index contributed by atoms with van der Waals surface area (Å²) < 4.78 is 18.1. The van der Waals surface area contributed by atoms with E-state index in [2.05, 4.69) is 5.32 Å². The zero-order chi connectivity index (χ0) is 12.8. The van der Waals surface area contributed by atoms with Crippen LogP contribution in [0.2, 0.25) is 0 Å². The van der Waals surface area contributed by atoms with Gasteiger partial charge >= 0.3 is 0 Å². The molecule has 0 radical (unpaired) electrons. The van der Waals surface area contributed by atoms with E-state index in [1.54, 1.807) is 31.2 Å². The zero-order valence-electron chi connectivity index (χ0n) is 10.2. The van der Waals surface area contributed by atoms with E-state index in [9.17, 15) is 4.39 Å². The highest BCUT2D eigenvalue weighted by atomic mass is 32.1. The lowest BCUT2D eigenvalue weighted by molar-refractivity contribution is 0.179. The van der Waals surface area contributed by atoms with Crippen LogP contribution in [0.15, 0.2) is 24.3 Å². The normalized spacial score (nSPS) is 12.0. The predicted octanol–water partition coefficient (Wildman–Crippen LogP) is 2.17. The summed E-state index contributed by atoms with van der Waals surface area (Å²) in [7, 11) is 3.43. The minimum Gasteiger partial charge on any atom is -0.383 e. The molecule has 1 atom stereocenters. The molecular formula is C12H17FN2OS. The van der Waals surface area contributed by atoms with Crippen LogP contribution < -0.4 is 10.2 Å². The van der Waals surface area contributed by atoms with Gasteiger partial charge in [-0.25, -0.2) is 4.39 Å². The Hall–Kier alpha value is -1.20. The number of nitrogens with zero attached hydrogens (tertiary/aromatic N) is 1. The number of rotatable bonds is 4. The molecule has 1 aromatic rings. The van der Waals surface area contributed by atoms with Crippen molar-refractivity contribution in [3.8, 4) is 0 Å². The maximum Gasteiger partial charge on any atom is 0.173 e. The maximum absolute atomic E-state index is 13.1. The average Bonchev–Trinajstić information content (AvgIpc) is 2.28. The van der Waals surface area contributed by atoms with Gasteiger partial charge in [0.2, 0.25) is 0 Å². The number of thiocarbonyl (C=S) groups is 1. The Morgan fingerprint density at radius 1 is 1.59 bits per heavy atom. The van der Waals surface area contributed by atoms with E-state index >= 15 is 0 Å². The Morgan fingerprint density at radius 3 is 2.88 bits per heavy atom. The van der Waals surface area contributed by atoms with Gasteiger partial charge in [-0.1, -0.05) is 6.07 Å². The molecule has 17 heavy (non-hydrogen) atoms. The molecule has 0 aliphatic carbocycles. The maximum atomic E-state index is 13.1. The SMILES string of the molecule is COCC(C)NC(=S)N(C)c1cccc(F)c1. The van der Waals surface area contributed by atoms with Crippen molar-refractivity contribution in [2.75, 3.05) is 25.7 Å². The van der Waals surface area contributed by atoms with Crippen LogP contribution in [0.4, 0.5) is 10.1 Å². The second-order valence-electron chi connectivity index (χ2n) is 3.84. The predicted molar refractivity (Wildman–Crippen MR) is 71.9 cm³/mol. The second kappa shape index (κ2) is 6.51. The summed E-state index contributed by atoms with van der Waals surface area (Å²) in [5.41, 5.74) is 0.715. The molecule has 1 aromatic carbocycles. The fourth-order valence-electron chi connectivity index (χ4n) is 1.40. The summed E-state index contributed by atoms with van der Waals surface area (Å²) in [5.74, 6) is -0.276. The molecule has 0 fully saturated rings. The van der Waals surface area contributed by atoms with Crippen LogP contribution in [0.3, 0.4) is 0 Å². The molecule has 0 heterocycles. The first-order chi connectivity index (χ1) is 8.04. The van der Waals surface area contributed by atoms with E-state index in [1.165, 1.54) is 12.1 Å². The summed E-state index contributed by atoms with van der Waals surface area (Å²) in [5, 5.41) is 3.65. The van der Waals surface area contributed by atoms with Gasteiger partial charge in [0.1, 0.15) is 5.82 Å². The van der Waals surface area contributed by atoms with Crippen LogP contribution >= 0.6 is 12.2 Å². The van der Waals surface area contributed by atoms with E-state index in [0.717, 1.165) is 0 Å². The molecular weight excluding hydrogens is 239 g/mol. The number of halogens is 1. The molecule has 5 heteroatoms. The van der Waals surface area contributed by atoms with Crippen LogP contribution in [0, 0.1) is 5.82 Å². The van der Waals surface area contributed by atoms with Gasteiger partial charge in [0.15, 0.2) is 5.11 Å². The lowest BCUT2D eigenvalue weighted by Gasteiger charge is -2.24. The Balaban J connectivity index is 2.63. The standard InChI is InChI=1S/C12H17FN2OS/c1-9(8-16-3)14-12(17)15(2)11-6-4-5-10(13)7-11/h4-7,9H,8H2,1-3H3,(H,14,17). The van der Waals surface area contributed by atoms with Crippen molar-refractivity contribution < 1.29 is 9.13 Å². The van der Waals surface area contributed by atoms with E-state index in [-0.39, 0.29) is 11.9 Å². The van der Waals surface area contributed by atoms with E-state index in [0.29, 0.717) is 17.4 Å². The summed E-state index contributed by atoms with van der Waals surface area (Å²) in [6.07, 6.45) is 0. The fraction of sp³-hybridized carbons (Fsp3) is 0.417. The van der Waals surface area contributed by atoms with E-state index in [4.69, 9.17) is 17.0 Å². The molecule has 0 aliphatic heterocycles. The van der Waals surface area contributed by atoms with Crippen molar-refractivity contribution >= 4 is 23.0 Å². The van der Waals surface area contributed by atoms with Crippen molar-refractivity contribution in [1.82, 2.24) is 5.32 Å². The van der Waals surface area contributed by atoms with Crippen molar-refractivity contribution in [3.63, 3.8) is 0 Å². The number of hydrogen-bond donors (Lipinski definition) is 1. The average molecular weight is 256 g/mol. The summed E-state index contributed by atoms with van der Waals surface area (Å²) in [6.45, 7) is 2.53. The summed E-state index contributed by atoms with van der Waals surface area (Å²) in [4.78, 5) is 1.73. The first-order valence-corrected chi connectivity index (χ1v) is 5.74. The molecule has 1 unspecified atom stereocenters. The number of benzene rings is 1. The van der Waals surface area contributed by atoms with E-state index < -0.39 is 0 Å². The van der Waals surface area contributed by atoms with Crippen molar-refractivity contribution in [2.45, 2.75) is 13.0 Å². The number of ether oxygens (including phenoxy) is 1. The Kier molecular flexibility index (Phi) is 5.31. The zero-order valence-corrected chi connectivity index (χ0v) is 11.1. The molecule has 1 N–H and O–H groups in total. The smallest absolute Gasteiger partial charge is 0.173 e. The second-order valence-corrected chi connectivity index (χ2v) is 4.23. The molecule has 94 valence electrons. The molecule has 0 spiro atoms. The minimum absolute atomic E-state index is 0.114. The Bertz CT molecular complexity index is 387. The highest BCUT2D eigenvalue weighted by Gasteiger charge is 2.10. The highest BCUT2D eigenvalue weighted by molar-refractivity contribution is 7.80. The van der Waals surface area contributed by atoms with Crippen LogP contribution in [-0.2, 0) is 4.74 Å². The molecule has 0 saturated heterocycles. The molecule has 0 saturated carbocycles. The third kappa shape index (κ3) is 4.28. The van der Waals surface area contributed by atoms with Crippen LogP contribution in [-0.4, -0.2) is 31.9 Å². The quantitative estimate of drug-likeness (QED) is 0.835. The molecule has 0 aromatic heterocycles. The first-order valence-electron chi connectivity index (χ1n) is 5.33. The van der Waals surface area contributed by atoms with Gasteiger partial charge in [0.25, 0.3) is 0 Å². The third-order valence-corrected chi connectivity index (χ3v) is 2.68. The van der Waals surface area contributed by atoms with Crippen LogP contribution in [0.1, 0.15) is 6.92 Å². The highest BCUT2D eigenvalue weighted by Crippen LogP contribution is 2.13. The van der Waals surface area contributed by atoms with Gasteiger partial charge < -0.3 is 15.0 Å². The molecule has 0 aliphatic rings. The fourth-order valence-corrected chi connectivity index (χ4v) is 1.71. The molecule has 0 amide bonds. The topological polar surface area (TPSA) is 24.5 Å². The Labute approximate surface area is 107 Å². The Morgan fingerprint density at radius 2 is 2.29 bits per heavy atom. The van der Waals surface area contributed by atoms with E-state index in [1.807, 2.05) is 6.92 Å². The number of methoxy groups -OCH3 is 1. The van der Waals surface area contributed by atoms with Gasteiger partial charge in [0, 0.05) is 25.9 Å². The summed E-state index contributed by atoms with van der Waals surface area (Å²) >= 11 is 5.23. The van der Waals surface area contributed by atoms with Gasteiger partial charge in [-0.05, 0) is 37.3 Å². The lowest BCUT2D eigenvalue weighted by atomic mass is 10.3. The van der Waals surface area contributed by atoms with Gasteiger partial charge in [-0.15, -0.1) is 0 Å². The van der Waals surface area contributed by atoms with Crippen molar-refractivity contribution in [2.24, 2.45) is 0 Å². The number of nitrogens with one attached hydrogen (secondary N) is 1. The van der Waals surface area contributed by atoms with Crippen molar-refractivity contribution in [1.29, 1.82) is 0 Å². The van der Waals surface area contributed by atoms with Gasteiger partial charge in [0.05, 0.1) is 6.61 Å². The largest absolute Gasteiger partial charge is 0.383 e. The number of hydrogen-bond acceptors (Lipinski definition) is 2. The lowest BCUT2D eigenvalue weighted by Crippen LogP contribution is -2.43. The minimum atomic E-state index is -0.276. The van der Waals surface area contributed by atoms with Crippen LogP contribution in [0.25, 0.3) is 0 Å². The van der Waals surface area contributed by atoms with Crippen LogP contribution in [0.5, 0.6) is 0 Å². The molecule has 3 nitrogen and oxygen atoms in total. The first kappa shape index (κ1) is 13.9. The number of anilines is 1. The third-order valence-electron chi connectivity index (χ3n) is 2.29. The molecule has 1 rings (SSSR count). The summed E-state index contributed by atoms with van der Waals surface area (Å²) in [6, 6.07) is 6.42. The van der Waals surface area contributed by atoms with Crippen molar-refractivity contribution in [3.05, 3.63) is 30.1 Å². The molecule has 0 bridgehead atoms. The van der Waals surface area contributed by atoms with Gasteiger partial charge in [-0.2, -0.15) is 0 Å². The monoisotopic (exact) mass is 256 g/mol. The van der Waals surface area contributed by atoms with Gasteiger partial charge in [-0.3, -0.25) is 0 Å².